The number of nitrogens with zero attached hydrogens (tertiary/aromatic N) is 1. The number of hydrogen-bond acceptors (Lipinski definition) is 3. The highest BCUT2D eigenvalue weighted by Gasteiger charge is 2.33. The number of likely N-dealkylation sites (tertiary alicyclic amines) is 1. The summed E-state index contributed by atoms with van der Waals surface area (Å²) >= 11 is 5.37. The molecule has 1 aromatic heterocycles. The molecule has 2 heterocycles. The van der Waals surface area contributed by atoms with E-state index in [0.717, 1.165) is 6.54 Å². The van der Waals surface area contributed by atoms with E-state index in [1.54, 1.807) is 0 Å². The molecule has 0 amide bonds. The van der Waals surface area contributed by atoms with Gasteiger partial charge in [-0.3, -0.25) is 4.90 Å². The van der Waals surface area contributed by atoms with Crippen molar-refractivity contribution >= 4 is 27.3 Å². The first kappa shape index (κ1) is 15.5. The van der Waals surface area contributed by atoms with Gasteiger partial charge in [-0.1, -0.05) is 26.7 Å². The molecule has 1 unspecified atom stereocenters. The molecule has 1 saturated heterocycles. The third-order valence-corrected chi connectivity index (χ3v) is 6.67. The molecular weight excluding hydrogens is 320 g/mol. The number of hydrogen-bond donors (Lipinski definition) is 1. The molecule has 0 radical (unpaired) electrons. The van der Waals surface area contributed by atoms with Gasteiger partial charge in [-0.2, -0.15) is 0 Å². The summed E-state index contributed by atoms with van der Waals surface area (Å²) < 4.78 is 1.20. The fourth-order valence-corrected chi connectivity index (χ4v) is 4.79. The molecule has 0 aliphatic carbocycles. The van der Waals surface area contributed by atoms with Crippen LogP contribution in [0.4, 0.5) is 0 Å². The van der Waals surface area contributed by atoms with Crippen molar-refractivity contribution in [3.05, 3.63) is 20.8 Å². The van der Waals surface area contributed by atoms with E-state index in [0.29, 0.717) is 11.5 Å². The summed E-state index contributed by atoms with van der Waals surface area (Å²) in [6, 6.07) is 4.76. The molecule has 1 aromatic rings. The summed E-state index contributed by atoms with van der Waals surface area (Å²) in [5.74, 6) is 0. The van der Waals surface area contributed by atoms with Crippen LogP contribution in [0.3, 0.4) is 0 Å². The van der Waals surface area contributed by atoms with E-state index in [-0.39, 0.29) is 0 Å². The van der Waals surface area contributed by atoms with Crippen molar-refractivity contribution in [2.45, 2.75) is 45.6 Å². The molecule has 4 heteroatoms. The maximum Gasteiger partial charge on any atom is 0.0702 e. The van der Waals surface area contributed by atoms with E-state index >= 15 is 0 Å². The Balaban J connectivity index is 2.03. The van der Waals surface area contributed by atoms with Crippen molar-refractivity contribution in [2.24, 2.45) is 11.1 Å². The Morgan fingerprint density at radius 1 is 1.32 bits per heavy atom. The SMILES string of the molecule is CCC1(CC)CCN(C(CN)c2ccc(Br)s2)CC1. The minimum absolute atomic E-state index is 0.406. The zero-order chi connectivity index (χ0) is 13.9. The molecule has 108 valence electrons. The van der Waals surface area contributed by atoms with Crippen LogP contribution in [0.5, 0.6) is 0 Å². The van der Waals surface area contributed by atoms with Crippen LogP contribution in [0.2, 0.25) is 0 Å². The lowest BCUT2D eigenvalue weighted by atomic mass is 9.74. The van der Waals surface area contributed by atoms with Crippen molar-refractivity contribution in [1.29, 1.82) is 0 Å². The van der Waals surface area contributed by atoms with Crippen LogP contribution < -0.4 is 5.73 Å². The van der Waals surface area contributed by atoms with Gasteiger partial charge < -0.3 is 5.73 Å². The smallest absolute Gasteiger partial charge is 0.0702 e. The standard InChI is InChI=1S/C15H25BrN2S/c1-3-15(4-2)7-9-18(10-8-15)12(11-17)13-5-6-14(16)19-13/h5-6,12H,3-4,7-11,17H2,1-2H3. The number of thiophene rings is 1. The van der Waals surface area contributed by atoms with Crippen molar-refractivity contribution in [2.75, 3.05) is 19.6 Å². The second kappa shape index (κ2) is 6.70. The molecule has 1 atom stereocenters. The summed E-state index contributed by atoms with van der Waals surface area (Å²) in [4.78, 5) is 3.98. The maximum atomic E-state index is 6.03. The highest BCUT2D eigenvalue weighted by atomic mass is 79.9. The topological polar surface area (TPSA) is 29.3 Å². The Kier molecular flexibility index (Phi) is 5.46. The second-order valence-electron chi connectivity index (χ2n) is 5.64. The summed E-state index contributed by atoms with van der Waals surface area (Å²) in [6.45, 7) is 7.79. The first-order valence-corrected chi connectivity index (χ1v) is 8.94. The van der Waals surface area contributed by atoms with Gasteiger partial charge in [-0.15, -0.1) is 11.3 Å². The Morgan fingerprint density at radius 2 is 1.95 bits per heavy atom. The van der Waals surface area contributed by atoms with Crippen LogP contribution in [0.25, 0.3) is 0 Å². The molecular formula is C15H25BrN2S. The van der Waals surface area contributed by atoms with Gasteiger partial charge in [0.1, 0.15) is 0 Å². The lowest BCUT2D eigenvalue weighted by Gasteiger charge is -2.43. The van der Waals surface area contributed by atoms with Crippen LogP contribution >= 0.6 is 27.3 Å². The minimum Gasteiger partial charge on any atom is -0.329 e. The van der Waals surface area contributed by atoms with E-state index in [1.807, 2.05) is 11.3 Å². The zero-order valence-corrected chi connectivity index (χ0v) is 14.4. The normalized spacial score (nSPS) is 21.5. The van der Waals surface area contributed by atoms with Crippen molar-refractivity contribution in [3.63, 3.8) is 0 Å². The van der Waals surface area contributed by atoms with E-state index in [9.17, 15) is 0 Å². The Bertz CT molecular complexity index is 391. The minimum atomic E-state index is 0.406. The number of nitrogens with two attached hydrogens (primary N) is 1. The molecule has 0 bridgehead atoms. The van der Waals surface area contributed by atoms with Gasteiger partial charge >= 0.3 is 0 Å². The molecule has 2 rings (SSSR count). The lowest BCUT2D eigenvalue weighted by molar-refractivity contribution is 0.0690. The molecule has 2 N–H and O–H groups in total. The average molecular weight is 345 g/mol. The predicted molar refractivity (Wildman–Crippen MR) is 87.6 cm³/mol. The largest absolute Gasteiger partial charge is 0.329 e. The van der Waals surface area contributed by atoms with Crippen molar-refractivity contribution in [1.82, 2.24) is 4.90 Å². The summed E-state index contributed by atoms with van der Waals surface area (Å²) in [5, 5.41) is 0. The number of piperidine rings is 1. The van der Waals surface area contributed by atoms with Gasteiger partial charge in [0.05, 0.1) is 9.83 Å². The van der Waals surface area contributed by atoms with E-state index in [2.05, 4.69) is 46.8 Å². The molecule has 2 nitrogen and oxygen atoms in total. The fourth-order valence-electron chi connectivity index (χ4n) is 3.22. The second-order valence-corrected chi connectivity index (χ2v) is 8.13. The predicted octanol–water partition coefficient (Wildman–Crippen LogP) is 4.41. The van der Waals surface area contributed by atoms with Crippen molar-refractivity contribution < 1.29 is 0 Å². The van der Waals surface area contributed by atoms with E-state index in [1.165, 1.54) is 47.4 Å². The molecule has 1 aliphatic heterocycles. The Morgan fingerprint density at radius 3 is 2.37 bits per heavy atom. The molecule has 1 aliphatic rings. The van der Waals surface area contributed by atoms with Gasteiger partial charge in [-0.25, -0.2) is 0 Å². The monoisotopic (exact) mass is 344 g/mol. The third-order valence-electron chi connectivity index (χ3n) is 4.95. The molecule has 0 spiro atoms. The first-order chi connectivity index (χ1) is 9.14. The third kappa shape index (κ3) is 3.41. The Labute approximate surface area is 129 Å². The average Bonchev–Trinajstić information content (AvgIpc) is 2.87. The van der Waals surface area contributed by atoms with Gasteiger partial charge in [-0.05, 0) is 59.4 Å². The van der Waals surface area contributed by atoms with Gasteiger partial charge in [0, 0.05) is 11.4 Å². The number of halogens is 1. The van der Waals surface area contributed by atoms with Crippen LogP contribution in [0.1, 0.15) is 50.4 Å². The highest BCUT2D eigenvalue weighted by molar-refractivity contribution is 9.11. The Hall–Kier alpha value is 0.1000. The van der Waals surface area contributed by atoms with Crippen LogP contribution in [0.15, 0.2) is 15.9 Å². The lowest BCUT2D eigenvalue weighted by Crippen LogP contribution is -2.43. The molecule has 0 aromatic carbocycles. The first-order valence-electron chi connectivity index (χ1n) is 7.33. The van der Waals surface area contributed by atoms with E-state index in [4.69, 9.17) is 5.73 Å². The van der Waals surface area contributed by atoms with E-state index < -0.39 is 0 Å². The number of rotatable bonds is 5. The van der Waals surface area contributed by atoms with Crippen LogP contribution in [-0.4, -0.2) is 24.5 Å². The quantitative estimate of drug-likeness (QED) is 0.856. The maximum absolute atomic E-state index is 6.03. The summed E-state index contributed by atoms with van der Waals surface area (Å²) in [5.41, 5.74) is 6.62. The van der Waals surface area contributed by atoms with Crippen molar-refractivity contribution in [3.8, 4) is 0 Å². The van der Waals surface area contributed by atoms with Crippen LogP contribution in [0, 0.1) is 5.41 Å². The fraction of sp³-hybridized carbons (Fsp3) is 0.733. The van der Waals surface area contributed by atoms with Gasteiger partial charge in [0.15, 0.2) is 0 Å². The van der Waals surface area contributed by atoms with Crippen LogP contribution in [-0.2, 0) is 0 Å². The molecule has 19 heavy (non-hydrogen) atoms. The van der Waals surface area contributed by atoms with Gasteiger partial charge in [0.25, 0.3) is 0 Å². The molecule has 1 fully saturated rings. The molecule has 0 saturated carbocycles. The summed E-state index contributed by atoms with van der Waals surface area (Å²) in [6.07, 6.45) is 5.27. The van der Waals surface area contributed by atoms with Gasteiger partial charge in [0.2, 0.25) is 0 Å². The summed E-state index contributed by atoms with van der Waals surface area (Å²) in [7, 11) is 0. The highest BCUT2D eigenvalue weighted by Crippen LogP contribution is 2.40. The zero-order valence-electron chi connectivity index (χ0n) is 12.0.